The number of alkyl halides is 3. The first-order valence-corrected chi connectivity index (χ1v) is 7.76. The first-order chi connectivity index (χ1) is 9.99. The lowest BCUT2D eigenvalue weighted by molar-refractivity contribution is -0.137. The Hall–Kier alpha value is -1.34. The average Bonchev–Trinajstić information content (AvgIpc) is 2.89. The topological polar surface area (TPSA) is 28.2 Å². The summed E-state index contributed by atoms with van der Waals surface area (Å²) >= 11 is 1.34. The molecule has 0 unspecified atom stereocenters. The van der Waals surface area contributed by atoms with Gasteiger partial charge in [-0.05, 0) is 24.6 Å². The third-order valence-electron chi connectivity index (χ3n) is 3.77. The number of fused-ring (bicyclic) bond motifs is 1. The number of hydrogen-bond acceptors (Lipinski definition) is 4. The van der Waals surface area contributed by atoms with Crippen molar-refractivity contribution >= 4 is 26.7 Å². The molecule has 1 atom stereocenters. The minimum Gasteiger partial charge on any atom is -0.343 e. The Morgan fingerprint density at radius 1 is 1.43 bits per heavy atom. The largest absolute Gasteiger partial charge is 0.416 e. The normalized spacial score (nSPS) is 20.2. The van der Waals surface area contributed by atoms with Crippen LogP contribution in [-0.4, -0.2) is 30.7 Å². The minimum atomic E-state index is -4.31. The molecule has 2 aromatic rings. The zero-order chi connectivity index (χ0) is 15.0. The predicted octanol–water partition coefficient (Wildman–Crippen LogP) is 3.50. The van der Waals surface area contributed by atoms with Crippen LogP contribution in [0.2, 0.25) is 0 Å². The third-order valence-corrected chi connectivity index (χ3v) is 4.83. The second kappa shape index (κ2) is 5.46. The number of anilines is 1. The van der Waals surface area contributed by atoms with Gasteiger partial charge in [-0.3, -0.25) is 0 Å². The summed E-state index contributed by atoms with van der Waals surface area (Å²) in [5.41, 5.74) is 0.0222. The summed E-state index contributed by atoms with van der Waals surface area (Å²) in [5.74, 6) is 0. The van der Waals surface area contributed by atoms with Crippen molar-refractivity contribution in [2.45, 2.75) is 25.6 Å². The minimum absolute atomic E-state index is 0.349. The second-order valence-electron chi connectivity index (χ2n) is 5.14. The molecule has 7 heteroatoms. The van der Waals surface area contributed by atoms with Gasteiger partial charge in [0.05, 0.1) is 15.8 Å². The van der Waals surface area contributed by atoms with E-state index < -0.39 is 11.7 Å². The maximum atomic E-state index is 12.8. The first-order valence-electron chi connectivity index (χ1n) is 6.94. The fraction of sp³-hybridized carbons (Fsp3) is 0.500. The SMILES string of the molecule is CC[C@H]1CNCCN1c1nc2ccc(C(F)(F)F)cc2s1. The van der Waals surface area contributed by atoms with E-state index in [1.807, 2.05) is 0 Å². The molecule has 1 fully saturated rings. The number of piperazine rings is 1. The van der Waals surface area contributed by atoms with Crippen molar-refractivity contribution < 1.29 is 13.2 Å². The van der Waals surface area contributed by atoms with Crippen molar-refractivity contribution in [2.24, 2.45) is 0 Å². The van der Waals surface area contributed by atoms with Crippen molar-refractivity contribution in [3.8, 4) is 0 Å². The number of hydrogen-bond donors (Lipinski definition) is 1. The molecule has 1 aromatic carbocycles. The van der Waals surface area contributed by atoms with Crippen molar-refractivity contribution in [2.75, 3.05) is 24.5 Å². The summed E-state index contributed by atoms with van der Waals surface area (Å²) in [6.07, 6.45) is -3.32. The summed E-state index contributed by atoms with van der Waals surface area (Å²) in [6.45, 7) is 4.71. The number of thiazole rings is 1. The molecule has 1 N–H and O–H groups in total. The first kappa shape index (κ1) is 14.6. The van der Waals surface area contributed by atoms with Crippen molar-refractivity contribution in [3.05, 3.63) is 23.8 Å². The molecule has 1 saturated heterocycles. The molecule has 0 bridgehead atoms. The van der Waals surface area contributed by atoms with Crippen LogP contribution in [0.25, 0.3) is 10.2 Å². The molecule has 0 radical (unpaired) electrons. The smallest absolute Gasteiger partial charge is 0.343 e. The lowest BCUT2D eigenvalue weighted by atomic mass is 10.1. The number of aromatic nitrogens is 1. The van der Waals surface area contributed by atoms with E-state index in [1.54, 1.807) is 0 Å². The fourth-order valence-electron chi connectivity index (χ4n) is 2.59. The summed E-state index contributed by atoms with van der Waals surface area (Å²) < 4.78 is 38.9. The third kappa shape index (κ3) is 2.85. The van der Waals surface area contributed by atoms with E-state index in [0.29, 0.717) is 16.3 Å². The Morgan fingerprint density at radius 2 is 2.24 bits per heavy atom. The van der Waals surface area contributed by atoms with Gasteiger partial charge < -0.3 is 10.2 Å². The Bertz CT molecular complexity index is 638. The second-order valence-corrected chi connectivity index (χ2v) is 6.15. The Kier molecular flexibility index (Phi) is 3.79. The number of halogens is 3. The molecule has 1 aromatic heterocycles. The summed E-state index contributed by atoms with van der Waals surface area (Å²) in [6, 6.07) is 4.10. The molecule has 3 rings (SSSR count). The predicted molar refractivity (Wildman–Crippen MR) is 78.9 cm³/mol. The Balaban J connectivity index is 1.97. The van der Waals surface area contributed by atoms with Gasteiger partial charge in [-0.15, -0.1) is 0 Å². The fourth-order valence-corrected chi connectivity index (χ4v) is 3.69. The molecule has 0 saturated carbocycles. The van der Waals surface area contributed by atoms with Gasteiger partial charge in [-0.25, -0.2) is 4.98 Å². The van der Waals surface area contributed by atoms with Gasteiger partial charge >= 0.3 is 6.18 Å². The molecule has 0 aliphatic carbocycles. The maximum Gasteiger partial charge on any atom is 0.416 e. The van der Waals surface area contributed by atoms with E-state index in [0.717, 1.165) is 37.3 Å². The van der Waals surface area contributed by atoms with Crippen LogP contribution >= 0.6 is 11.3 Å². The van der Waals surface area contributed by atoms with Gasteiger partial charge in [-0.1, -0.05) is 18.3 Å². The molecule has 1 aliphatic heterocycles. The zero-order valence-corrected chi connectivity index (χ0v) is 12.4. The number of nitrogens with zero attached hydrogens (tertiary/aromatic N) is 2. The van der Waals surface area contributed by atoms with Crippen molar-refractivity contribution in [1.29, 1.82) is 0 Å². The lowest BCUT2D eigenvalue weighted by Gasteiger charge is -2.35. The summed E-state index contributed by atoms with van der Waals surface area (Å²) in [5, 5.41) is 4.15. The van der Waals surface area contributed by atoms with Gasteiger partial charge in [-0.2, -0.15) is 13.2 Å². The highest BCUT2D eigenvalue weighted by Gasteiger charge is 2.31. The van der Waals surface area contributed by atoms with Crippen LogP contribution in [0, 0.1) is 0 Å². The Labute approximate surface area is 124 Å². The van der Waals surface area contributed by atoms with E-state index in [9.17, 15) is 13.2 Å². The van der Waals surface area contributed by atoms with E-state index >= 15 is 0 Å². The average molecular weight is 315 g/mol. The van der Waals surface area contributed by atoms with Crippen LogP contribution in [0.3, 0.4) is 0 Å². The standard InChI is InChI=1S/C14H16F3N3S/c1-2-10-8-18-5-6-20(10)13-19-11-4-3-9(14(15,16)17)7-12(11)21-13/h3-4,7,10,18H,2,5-6,8H2,1H3/t10-/m0/s1. The van der Waals surface area contributed by atoms with E-state index in [-0.39, 0.29) is 0 Å². The van der Waals surface area contributed by atoms with E-state index in [4.69, 9.17) is 0 Å². The van der Waals surface area contributed by atoms with Gasteiger partial charge in [0.15, 0.2) is 5.13 Å². The summed E-state index contributed by atoms with van der Waals surface area (Å²) in [4.78, 5) is 6.71. The molecule has 0 spiro atoms. The van der Waals surface area contributed by atoms with Gasteiger partial charge in [0.2, 0.25) is 0 Å². The van der Waals surface area contributed by atoms with Gasteiger partial charge in [0.1, 0.15) is 0 Å². The Morgan fingerprint density at radius 3 is 2.95 bits per heavy atom. The highest BCUT2D eigenvalue weighted by molar-refractivity contribution is 7.22. The van der Waals surface area contributed by atoms with Crippen LogP contribution in [0.5, 0.6) is 0 Å². The molecule has 0 amide bonds. The number of rotatable bonds is 2. The monoisotopic (exact) mass is 315 g/mol. The highest BCUT2D eigenvalue weighted by Crippen LogP contribution is 2.36. The van der Waals surface area contributed by atoms with Crippen LogP contribution < -0.4 is 10.2 Å². The van der Waals surface area contributed by atoms with Crippen LogP contribution in [-0.2, 0) is 6.18 Å². The molecule has 1 aliphatic rings. The molecule has 21 heavy (non-hydrogen) atoms. The lowest BCUT2D eigenvalue weighted by Crippen LogP contribution is -2.51. The number of nitrogens with one attached hydrogen (secondary N) is 1. The van der Waals surface area contributed by atoms with Crippen molar-refractivity contribution in [3.63, 3.8) is 0 Å². The molecule has 2 heterocycles. The molecule has 114 valence electrons. The maximum absolute atomic E-state index is 12.8. The number of benzene rings is 1. The van der Waals surface area contributed by atoms with E-state index in [2.05, 4.69) is 22.1 Å². The van der Waals surface area contributed by atoms with Gasteiger partial charge in [0, 0.05) is 25.7 Å². The highest BCUT2D eigenvalue weighted by atomic mass is 32.1. The summed E-state index contributed by atoms with van der Waals surface area (Å²) in [7, 11) is 0. The van der Waals surface area contributed by atoms with Crippen LogP contribution in [0.4, 0.5) is 18.3 Å². The van der Waals surface area contributed by atoms with Crippen LogP contribution in [0.1, 0.15) is 18.9 Å². The van der Waals surface area contributed by atoms with Gasteiger partial charge in [0.25, 0.3) is 0 Å². The quantitative estimate of drug-likeness (QED) is 0.919. The molecule has 3 nitrogen and oxygen atoms in total. The van der Waals surface area contributed by atoms with Crippen molar-refractivity contribution in [1.82, 2.24) is 10.3 Å². The zero-order valence-electron chi connectivity index (χ0n) is 11.6. The molecular formula is C14H16F3N3S. The van der Waals surface area contributed by atoms with Crippen LogP contribution in [0.15, 0.2) is 18.2 Å². The van der Waals surface area contributed by atoms with E-state index in [1.165, 1.54) is 23.5 Å². The molecular weight excluding hydrogens is 299 g/mol.